The maximum absolute atomic E-state index is 5.81. The second-order valence-corrected chi connectivity index (χ2v) is 5.16. The van der Waals surface area contributed by atoms with Gasteiger partial charge in [-0.1, -0.05) is 0 Å². The minimum absolute atomic E-state index is 0.408. The molecule has 0 aliphatic rings. The number of hydrogen-bond donors (Lipinski definition) is 1. The van der Waals surface area contributed by atoms with Crippen LogP contribution in [0.4, 0.5) is 0 Å². The van der Waals surface area contributed by atoms with Gasteiger partial charge in [0.1, 0.15) is 18.1 Å². The summed E-state index contributed by atoms with van der Waals surface area (Å²) in [5.74, 6) is 1.55. The molecule has 0 amide bonds. The highest BCUT2D eigenvalue weighted by atomic mass is 32.1. The zero-order chi connectivity index (χ0) is 13.9. The first-order chi connectivity index (χ1) is 9.80. The molecule has 0 spiro atoms. The molecule has 0 aliphatic carbocycles. The van der Waals surface area contributed by atoms with Gasteiger partial charge in [-0.3, -0.25) is 4.40 Å². The number of benzene rings is 1. The third kappa shape index (κ3) is 2.48. The van der Waals surface area contributed by atoms with E-state index >= 15 is 0 Å². The topological polar surface area (TPSA) is 61.8 Å². The Kier molecular flexibility index (Phi) is 3.58. The van der Waals surface area contributed by atoms with Crippen molar-refractivity contribution in [1.29, 1.82) is 0 Å². The van der Waals surface area contributed by atoms with Crippen LogP contribution in [0.2, 0.25) is 0 Å². The van der Waals surface area contributed by atoms with Crippen LogP contribution >= 0.6 is 11.3 Å². The molecule has 2 aromatic heterocycles. The molecule has 2 N–H and O–H groups in total. The van der Waals surface area contributed by atoms with Crippen molar-refractivity contribution in [3.63, 3.8) is 0 Å². The van der Waals surface area contributed by atoms with Crippen LogP contribution in [0.25, 0.3) is 4.96 Å². The van der Waals surface area contributed by atoms with Gasteiger partial charge >= 0.3 is 0 Å². The molecule has 0 aliphatic heterocycles. The van der Waals surface area contributed by atoms with Gasteiger partial charge in [-0.25, -0.2) is 4.98 Å². The average Bonchev–Trinajstić information content (AvgIpc) is 3.05. The van der Waals surface area contributed by atoms with E-state index < -0.39 is 0 Å². The Balaban J connectivity index is 1.75. The standard InChI is InChI=1S/C14H15N3O2S/c1-18-12-2-3-13(10(6-12)7-15)19-9-11-8-17-4-5-20-14(17)16-11/h2-6,8H,7,9,15H2,1H3. The monoisotopic (exact) mass is 289 g/mol. The van der Waals surface area contributed by atoms with Crippen LogP contribution in [0.5, 0.6) is 11.5 Å². The molecule has 0 bridgehead atoms. The van der Waals surface area contributed by atoms with Gasteiger partial charge in [0, 0.05) is 29.9 Å². The molecule has 2 heterocycles. The highest BCUT2D eigenvalue weighted by Crippen LogP contribution is 2.24. The van der Waals surface area contributed by atoms with Gasteiger partial charge in [0.05, 0.1) is 12.8 Å². The van der Waals surface area contributed by atoms with E-state index in [0.717, 1.165) is 27.7 Å². The Hall–Kier alpha value is -2.05. The molecular formula is C14H15N3O2S. The molecule has 6 heteroatoms. The molecule has 0 saturated carbocycles. The first kappa shape index (κ1) is 13.0. The number of aromatic nitrogens is 2. The van der Waals surface area contributed by atoms with Gasteiger partial charge in [-0.15, -0.1) is 11.3 Å². The Morgan fingerprint density at radius 1 is 1.40 bits per heavy atom. The predicted octanol–water partition coefficient (Wildman–Crippen LogP) is 2.44. The summed E-state index contributed by atoms with van der Waals surface area (Å²) < 4.78 is 13.0. The SMILES string of the molecule is COc1ccc(OCc2cn3ccsc3n2)c(CN)c1. The first-order valence-electron chi connectivity index (χ1n) is 6.21. The van der Waals surface area contributed by atoms with Crippen molar-refractivity contribution in [2.45, 2.75) is 13.2 Å². The number of nitrogens with zero attached hydrogens (tertiary/aromatic N) is 2. The largest absolute Gasteiger partial charge is 0.497 e. The van der Waals surface area contributed by atoms with Crippen molar-refractivity contribution >= 4 is 16.3 Å². The number of methoxy groups -OCH3 is 1. The summed E-state index contributed by atoms with van der Waals surface area (Å²) in [6, 6.07) is 5.63. The molecule has 0 saturated heterocycles. The lowest BCUT2D eigenvalue weighted by Crippen LogP contribution is -2.03. The van der Waals surface area contributed by atoms with E-state index in [0.29, 0.717) is 13.2 Å². The Morgan fingerprint density at radius 3 is 3.05 bits per heavy atom. The number of hydrogen-bond acceptors (Lipinski definition) is 5. The average molecular weight is 289 g/mol. The van der Waals surface area contributed by atoms with Crippen LogP contribution in [0.3, 0.4) is 0 Å². The van der Waals surface area contributed by atoms with Crippen LogP contribution in [-0.2, 0) is 13.2 Å². The second-order valence-electron chi connectivity index (χ2n) is 4.29. The van der Waals surface area contributed by atoms with Gasteiger partial charge in [0.25, 0.3) is 0 Å². The summed E-state index contributed by atoms with van der Waals surface area (Å²) in [6.07, 6.45) is 3.95. The second kappa shape index (κ2) is 5.52. The maximum atomic E-state index is 5.81. The van der Waals surface area contributed by atoms with Crippen molar-refractivity contribution in [1.82, 2.24) is 9.38 Å². The highest BCUT2D eigenvalue weighted by molar-refractivity contribution is 7.15. The highest BCUT2D eigenvalue weighted by Gasteiger charge is 2.07. The molecular weight excluding hydrogens is 274 g/mol. The Bertz CT molecular complexity index is 692. The van der Waals surface area contributed by atoms with E-state index in [4.69, 9.17) is 15.2 Å². The minimum atomic E-state index is 0.408. The van der Waals surface area contributed by atoms with Gasteiger partial charge in [-0.2, -0.15) is 0 Å². The van der Waals surface area contributed by atoms with Crippen LogP contribution in [-0.4, -0.2) is 16.5 Å². The van der Waals surface area contributed by atoms with Gasteiger partial charge in [-0.05, 0) is 18.2 Å². The van der Waals surface area contributed by atoms with E-state index in [-0.39, 0.29) is 0 Å². The molecule has 104 valence electrons. The van der Waals surface area contributed by atoms with Crippen LogP contribution < -0.4 is 15.2 Å². The van der Waals surface area contributed by atoms with E-state index in [1.165, 1.54) is 0 Å². The molecule has 3 aromatic rings. The van der Waals surface area contributed by atoms with Crippen LogP contribution in [0.15, 0.2) is 36.0 Å². The summed E-state index contributed by atoms with van der Waals surface area (Å²) in [4.78, 5) is 5.45. The number of rotatable bonds is 5. The van der Waals surface area contributed by atoms with Crippen molar-refractivity contribution in [3.05, 3.63) is 47.2 Å². The summed E-state index contributed by atoms with van der Waals surface area (Å²) in [5, 5.41) is 2.00. The number of thiazole rings is 1. The fourth-order valence-electron chi connectivity index (χ4n) is 1.98. The Labute approximate surface area is 120 Å². The third-order valence-electron chi connectivity index (χ3n) is 3.01. The number of fused-ring (bicyclic) bond motifs is 1. The zero-order valence-electron chi connectivity index (χ0n) is 11.1. The fourth-order valence-corrected chi connectivity index (χ4v) is 2.70. The number of ether oxygens (including phenoxy) is 2. The lowest BCUT2D eigenvalue weighted by Gasteiger charge is -2.10. The van der Waals surface area contributed by atoms with E-state index in [1.807, 2.05) is 40.4 Å². The summed E-state index contributed by atoms with van der Waals surface area (Å²) in [6.45, 7) is 0.832. The first-order valence-corrected chi connectivity index (χ1v) is 7.09. The van der Waals surface area contributed by atoms with Crippen LogP contribution in [0, 0.1) is 0 Å². The molecule has 20 heavy (non-hydrogen) atoms. The van der Waals surface area contributed by atoms with Gasteiger partial charge in [0.2, 0.25) is 0 Å². The summed E-state index contributed by atoms with van der Waals surface area (Å²) in [7, 11) is 1.63. The molecule has 5 nitrogen and oxygen atoms in total. The van der Waals surface area contributed by atoms with Gasteiger partial charge in [0.15, 0.2) is 4.96 Å². The third-order valence-corrected chi connectivity index (χ3v) is 3.78. The molecule has 3 rings (SSSR count). The van der Waals surface area contributed by atoms with Crippen molar-refractivity contribution in [3.8, 4) is 11.5 Å². The smallest absolute Gasteiger partial charge is 0.193 e. The van der Waals surface area contributed by atoms with Crippen molar-refractivity contribution in [2.75, 3.05) is 7.11 Å². The Morgan fingerprint density at radius 2 is 2.30 bits per heavy atom. The van der Waals surface area contributed by atoms with Crippen molar-refractivity contribution in [2.24, 2.45) is 5.73 Å². The quantitative estimate of drug-likeness (QED) is 0.783. The summed E-state index contributed by atoms with van der Waals surface area (Å²) >= 11 is 1.60. The molecule has 0 radical (unpaired) electrons. The minimum Gasteiger partial charge on any atom is -0.497 e. The zero-order valence-corrected chi connectivity index (χ0v) is 11.9. The van der Waals surface area contributed by atoms with E-state index in [1.54, 1.807) is 18.4 Å². The number of imidazole rings is 1. The lowest BCUT2D eigenvalue weighted by molar-refractivity contribution is 0.298. The van der Waals surface area contributed by atoms with Crippen LogP contribution in [0.1, 0.15) is 11.3 Å². The maximum Gasteiger partial charge on any atom is 0.193 e. The normalized spacial score (nSPS) is 10.9. The fraction of sp³-hybridized carbons (Fsp3) is 0.214. The predicted molar refractivity (Wildman–Crippen MR) is 78.3 cm³/mol. The molecule has 0 unspecified atom stereocenters. The van der Waals surface area contributed by atoms with E-state index in [2.05, 4.69) is 4.98 Å². The molecule has 0 fully saturated rings. The number of nitrogens with two attached hydrogens (primary N) is 1. The lowest BCUT2D eigenvalue weighted by atomic mass is 10.2. The molecule has 1 aromatic carbocycles. The summed E-state index contributed by atoms with van der Waals surface area (Å²) in [5.41, 5.74) is 7.55. The van der Waals surface area contributed by atoms with Crippen molar-refractivity contribution < 1.29 is 9.47 Å². The van der Waals surface area contributed by atoms with E-state index in [9.17, 15) is 0 Å². The molecule has 0 atom stereocenters. The van der Waals surface area contributed by atoms with Gasteiger partial charge < -0.3 is 15.2 Å².